The summed E-state index contributed by atoms with van der Waals surface area (Å²) in [5, 5.41) is 4.42. The Morgan fingerprint density at radius 2 is 1.91 bits per heavy atom. The molecule has 0 bridgehead atoms. The molecule has 6 nitrogen and oxygen atoms in total. The molecule has 7 heteroatoms. The highest BCUT2D eigenvalue weighted by atomic mass is 32.2. The van der Waals surface area contributed by atoms with E-state index in [1.54, 1.807) is 0 Å². The van der Waals surface area contributed by atoms with E-state index < -0.39 is 10.2 Å². The molecule has 0 unspecified atom stereocenters. The Labute approximate surface area is 130 Å². The third-order valence-corrected chi connectivity index (χ3v) is 5.35. The topological polar surface area (TPSA) is 67.2 Å². The van der Waals surface area contributed by atoms with Gasteiger partial charge < -0.3 is 0 Å². The summed E-state index contributed by atoms with van der Waals surface area (Å²) >= 11 is 0. The average Bonchev–Trinajstić information content (AvgIpc) is 2.75. The first-order valence-corrected chi connectivity index (χ1v) is 8.71. The number of hydrogen-bond acceptors (Lipinski definition) is 3. The quantitative estimate of drug-likeness (QED) is 0.905. The van der Waals surface area contributed by atoms with Gasteiger partial charge in [0, 0.05) is 25.3 Å². The van der Waals surface area contributed by atoms with Gasteiger partial charge in [-0.15, -0.1) is 0 Å². The Kier molecular flexibility index (Phi) is 4.03. The van der Waals surface area contributed by atoms with Gasteiger partial charge in [0.2, 0.25) is 0 Å². The van der Waals surface area contributed by atoms with E-state index in [1.807, 2.05) is 54.9 Å². The largest absolute Gasteiger partial charge is 0.279 e. The number of hydrogen-bond donors (Lipinski definition) is 1. The molecule has 0 atom stereocenters. The summed E-state index contributed by atoms with van der Waals surface area (Å²) in [5.74, 6) is 0. The van der Waals surface area contributed by atoms with Crippen LogP contribution in [0.1, 0.15) is 23.0 Å². The minimum absolute atomic E-state index is 0.127. The van der Waals surface area contributed by atoms with Crippen molar-refractivity contribution < 1.29 is 8.42 Å². The number of nitrogens with one attached hydrogen (secondary N) is 1. The fourth-order valence-corrected chi connectivity index (χ4v) is 3.91. The molecular formula is C15H20N4O2S. The maximum atomic E-state index is 12.2. The van der Waals surface area contributed by atoms with E-state index in [4.69, 9.17) is 0 Å². The molecule has 1 aromatic heterocycles. The summed E-state index contributed by atoms with van der Waals surface area (Å²) < 4.78 is 30.5. The Hall–Kier alpha value is -1.70. The van der Waals surface area contributed by atoms with E-state index in [9.17, 15) is 8.42 Å². The highest BCUT2D eigenvalue weighted by Gasteiger charge is 2.37. The van der Waals surface area contributed by atoms with Gasteiger partial charge in [-0.2, -0.15) is 22.5 Å². The standard InChI is InChI=1S/C15H20N4O2S/c1-12-8-13(2)19(17-12)15-10-18(11-15)22(20,21)16-9-14-6-4-3-5-7-14/h3-8,15-16H,9-11H2,1-2H3. The second-order valence-corrected chi connectivity index (χ2v) is 7.41. The van der Waals surface area contributed by atoms with E-state index in [0.717, 1.165) is 17.0 Å². The Morgan fingerprint density at radius 3 is 2.50 bits per heavy atom. The third-order valence-electron chi connectivity index (χ3n) is 3.86. The van der Waals surface area contributed by atoms with Crippen molar-refractivity contribution in [3.05, 3.63) is 53.3 Å². The molecular weight excluding hydrogens is 300 g/mol. The smallest absolute Gasteiger partial charge is 0.264 e. The molecule has 0 radical (unpaired) electrons. The molecule has 1 aliphatic rings. The van der Waals surface area contributed by atoms with Gasteiger partial charge in [-0.05, 0) is 25.5 Å². The highest BCUT2D eigenvalue weighted by molar-refractivity contribution is 7.87. The SMILES string of the molecule is Cc1cc(C)n(C2CN(S(=O)(=O)NCc3ccccc3)C2)n1. The molecule has 2 heterocycles. The molecule has 118 valence electrons. The van der Waals surface area contributed by atoms with E-state index in [0.29, 0.717) is 19.6 Å². The fraction of sp³-hybridized carbons (Fsp3) is 0.400. The predicted octanol–water partition coefficient (Wildman–Crippen LogP) is 1.39. The molecule has 1 aliphatic heterocycles. The lowest BCUT2D eigenvalue weighted by Gasteiger charge is -2.38. The van der Waals surface area contributed by atoms with E-state index in [-0.39, 0.29) is 6.04 Å². The van der Waals surface area contributed by atoms with Crippen molar-refractivity contribution in [1.29, 1.82) is 0 Å². The minimum atomic E-state index is -3.43. The van der Waals surface area contributed by atoms with Crippen LogP contribution in [0.2, 0.25) is 0 Å². The zero-order valence-electron chi connectivity index (χ0n) is 12.7. The number of nitrogens with zero attached hydrogens (tertiary/aromatic N) is 3. The molecule has 2 aromatic rings. The summed E-state index contributed by atoms with van der Waals surface area (Å²) in [7, 11) is -3.43. The zero-order valence-corrected chi connectivity index (χ0v) is 13.5. The van der Waals surface area contributed by atoms with Crippen LogP contribution in [0.3, 0.4) is 0 Å². The minimum Gasteiger partial charge on any atom is -0.264 e. The normalized spacial score (nSPS) is 16.6. The lowest BCUT2D eigenvalue weighted by atomic mass is 10.2. The maximum Gasteiger partial charge on any atom is 0.279 e. The molecule has 22 heavy (non-hydrogen) atoms. The lowest BCUT2D eigenvalue weighted by Crippen LogP contribution is -2.54. The molecule has 0 aliphatic carbocycles. The summed E-state index contributed by atoms with van der Waals surface area (Å²) in [6, 6.07) is 11.6. The molecule has 1 fully saturated rings. The van der Waals surface area contributed by atoms with Gasteiger partial charge in [0.15, 0.2) is 0 Å². The predicted molar refractivity (Wildman–Crippen MR) is 84.5 cm³/mol. The van der Waals surface area contributed by atoms with Crippen LogP contribution in [0.5, 0.6) is 0 Å². The van der Waals surface area contributed by atoms with Crippen molar-refractivity contribution in [3.63, 3.8) is 0 Å². The first-order valence-electron chi connectivity index (χ1n) is 7.27. The van der Waals surface area contributed by atoms with Gasteiger partial charge in [-0.1, -0.05) is 30.3 Å². The molecule has 1 aromatic carbocycles. The van der Waals surface area contributed by atoms with Gasteiger partial charge >= 0.3 is 0 Å². The number of rotatable bonds is 5. The van der Waals surface area contributed by atoms with Crippen LogP contribution in [0.4, 0.5) is 0 Å². The van der Waals surface area contributed by atoms with Crippen molar-refractivity contribution in [2.24, 2.45) is 0 Å². The molecule has 0 saturated carbocycles. The van der Waals surface area contributed by atoms with Gasteiger partial charge in [0.05, 0.1) is 11.7 Å². The lowest BCUT2D eigenvalue weighted by molar-refractivity contribution is 0.186. The summed E-state index contributed by atoms with van der Waals surface area (Å²) in [6.45, 7) is 5.17. The molecule has 0 amide bonds. The fourth-order valence-electron chi connectivity index (χ4n) is 2.65. The van der Waals surface area contributed by atoms with Gasteiger partial charge in [-0.3, -0.25) is 4.68 Å². The Morgan fingerprint density at radius 1 is 1.23 bits per heavy atom. The zero-order chi connectivity index (χ0) is 15.7. The summed E-state index contributed by atoms with van der Waals surface area (Å²) in [5.41, 5.74) is 2.97. The first-order chi connectivity index (χ1) is 10.5. The number of aromatic nitrogens is 2. The van der Waals surface area contributed by atoms with E-state index in [1.165, 1.54) is 4.31 Å². The first kappa shape index (κ1) is 15.2. The molecule has 0 spiro atoms. The van der Waals surface area contributed by atoms with Crippen LogP contribution >= 0.6 is 0 Å². The van der Waals surface area contributed by atoms with Crippen LogP contribution in [0.25, 0.3) is 0 Å². The second-order valence-electron chi connectivity index (χ2n) is 5.65. The average molecular weight is 320 g/mol. The van der Waals surface area contributed by atoms with Gasteiger partial charge in [0.1, 0.15) is 0 Å². The second kappa shape index (κ2) is 5.83. The number of benzene rings is 1. The van der Waals surface area contributed by atoms with Crippen LogP contribution in [0, 0.1) is 13.8 Å². The van der Waals surface area contributed by atoms with Crippen molar-refractivity contribution >= 4 is 10.2 Å². The van der Waals surface area contributed by atoms with Crippen molar-refractivity contribution in [1.82, 2.24) is 18.8 Å². The highest BCUT2D eigenvalue weighted by Crippen LogP contribution is 2.24. The van der Waals surface area contributed by atoms with Gasteiger partial charge in [-0.25, -0.2) is 0 Å². The Balaban J connectivity index is 1.58. The number of aryl methyl sites for hydroxylation is 2. The third kappa shape index (κ3) is 3.06. The van der Waals surface area contributed by atoms with Gasteiger partial charge in [0.25, 0.3) is 10.2 Å². The molecule has 1 N–H and O–H groups in total. The van der Waals surface area contributed by atoms with Crippen LogP contribution in [-0.4, -0.2) is 35.6 Å². The summed E-state index contributed by atoms with van der Waals surface area (Å²) in [6.07, 6.45) is 0. The van der Waals surface area contributed by atoms with E-state index in [2.05, 4.69) is 9.82 Å². The Bertz CT molecular complexity index is 749. The van der Waals surface area contributed by atoms with Crippen molar-refractivity contribution in [2.45, 2.75) is 26.4 Å². The van der Waals surface area contributed by atoms with Crippen LogP contribution in [0.15, 0.2) is 36.4 Å². The molecule has 3 rings (SSSR count). The summed E-state index contributed by atoms with van der Waals surface area (Å²) in [4.78, 5) is 0. The monoisotopic (exact) mass is 320 g/mol. The van der Waals surface area contributed by atoms with Crippen molar-refractivity contribution in [2.75, 3.05) is 13.1 Å². The molecule has 1 saturated heterocycles. The maximum absolute atomic E-state index is 12.2. The van der Waals surface area contributed by atoms with Crippen LogP contribution in [-0.2, 0) is 16.8 Å². The van der Waals surface area contributed by atoms with Crippen LogP contribution < -0.4 is 4.72 Å². The van der Waals surface area contributed by atoms with E-state index >= 15 is 0 Å². The van der Waals surface area contributed by atoms with Crippen molar-refractivity contribution in [3.8, 4) is 0 Å².